The fourth-order valence-corrected chi connectivity index (χ4v) is 6.60. The van der Waals surface area contributed by atoms with Crippen LogP contribution < -0.4 is 0 Å². The van der Waals surface area contributed by atoms with Gasteiger partial charge in [0.05, 0.1) is 5.41 Å². The van der Waals surface area contributed by atoms with Gasteiger partial charge in [-0.15, -0.1) is 0 Å². The summed E-state index contributed by atoms with van der Waals surface area (Å²) in [6.45, 7) is 9.14. The standard InChI is InChI=1S/C31H27F/c1-29(2)21-11-5-8-14-25(21)31(26-15-9-6-12-22(26)29)27-16-10-7-13-23(27)30(3,4)24-18-17-20(32)19-28(24)31/h5-19H,1-4H3. The molecule has 0 unspecified atom stereocenters. The predicted octanol–water partition coefficient (Wildman–Crippen LogP) is 7.49. The number of fused-ring (bicyclic) bond motifs is 8. The highest BCUT2D eigenvalue weighted by atomic mass is 19.1. The Kier molecular flexibility index (Phi) is 3.77. The second-order valence-electron chi connectivity index (χ2n) is 10.3. The number of rotatable bonds is 0. The molecule has 0 fully saturated rings. The van der Waals surface area contributed by atoms with E-state index in [2.05, 4.69) is 100 Å². The highest BCUT2D eigenvalue weighted by Crippen LogP contribution is 2.61. The van der Waals surface area contributed by atoms with Gasteiger partial charge in [0.1, 0.15) is 5.82 Å². The zero-order chi connectivity index (χ0) is 22.3. The molecule has 0 nitrogen and oxygen atoms in total. The molecular weight excluding hydrogens is 391 g/mol. The normalized spacial score (nSPS) is 18.3. The van der Waals surface area contributed by atoms with Crippen molar-refractivity contribution in [1.82, 2.24) is 0 Å². The van der Waals surface area contributed by atoms with Crippen molar-refractivity contribution in [3.05, 3.63) is 141 Å². The minimum atomic E-state index is -0.549. The summed E-state index contributed by atoms with van der Waals surface area (Å²) in [6, 6.07) is 31.8. The van der Waals surface area contributed by atoms with Crippen LogP contribution in [0.3, 0.4) is 0 Å². The van der Waals surface area contributed by atoms with Gasteiger partial charge in [-0.3, -0.25) is 0 Å². The van der Waals surface area contributed by atoms with E-state index in [0.29, 0.717) is 0 Å². The Labute approximate surface area is 189 Å². The molecule has 4 aromatic rings. The first-order chi connectivity index (χ1) is 15.3. The first-order valence-corrected chi connectivity index (χ1v) is 11.4. The Morgan fingerprint density at radius 1 is 0.438 bits per heavy atom. The van der Waals surface area contributed by atoms with Crippen molar-refractivity contribution in [1.29, 1.82) is 0 Å². The van der Waals surface area contributed by atoms with Crippen molar-refractivity contribution in [2.45, 2.75) is 43.9 Å². The minimum absolute atomic E-state index is 0.145. The molecule has 0 aromatic heterocycles. The van der Waals surface area contributed by atoms with E-state index in [0.717, 1.165) is 5.56 Å². The van der Waals surface area contributed by atoms with Crippen molar-refractivity contribution >= 4 is 0 Å². The van der Waals surface area contributed by atoms with Crippen molar-refractivity contribution in [2.75, 3.05) is 0 Å². The summed E-state index contributed by atoms with van der Waals surface area (Å²) in [5.74, 6) is -0.182. The van der Waals surface area contributed by atoms with Gasteiger partial charge in [0.15, 0.2) is 0 Å². The fraction of sp³-hybridized carbons (Fsp3) is 0.226. The quantitative estimate of drug-likeness (QED) is 0.277. The molecule has 1 heteroatoms. The van der Waals surface area contributed by atoms with Crippen LogP contribution in [0.1, 0.15) is 72.2 Å². The first kappa shape index (κ1) is 19.5. The summed E-state index contributed by atoms with van der Waals surface area (Å²) in [5.41, 5.74) is 9.06. The number of halogens is 1. The maximum atomic E-state index is 15.0. The molecular formula is C31H27F. The fourth-order valence-electron chi connectivity index (χ4n) is 6.60. The Bertz CT molecular complexity index is 1280. The van der Waals surface area contributed by atoms with Crippen LogP contribution in [0, 0.1) is 5.82 Å². The average Bonchev–Trinajstić information content (AvgIpc) is 2.79. The smallest absolute Gasteiger partial charge is 0.123 e. The molecule has 0 atom stereocenters. The van der Waals surface area contributed by atoms with Gasteiger partial charge in [-0.25, -0.2) is 4.39 Å². The summed E-state index contributed by atoms with van der Waals surface area (Å²) in [5, 5.41) is 0. The van der Waals surface area contributed by atoms with E-state index in [-0.39, 0.29) is 16.6 Å². The van der Waals surface area contributed by atoms with E-state index in [9.17, 15) is 4.39 Å². The molecule has 0 saturated heterocycles. The first-order valence-electron chi connectivity index (χ1n) is 11.4. The summed E-state index contributed by atoms with van der Waals surface area (Å²) in [7, 11) is 0. The van der Waals surface area contributed by atoms with Crippen molar-refractivity contribution in [2.24, 2.45) is 0 Å². The van der Waals surface area contributed by atoms with Gasteiger partial charge in [-0.05, 0) is 56.6 Å². The molecule has 0 amide bonds. The molecule has 2 aliphatic rings. The third-order valence-corrected chi connectivity index (χ3v) is 8.07. The number of benzene rings is 4. The third-order valence-electron chi connectivity index (χ3n) is 8.07. The average molecular weight is 419 g/mol. The van der Waals surface area contributed by atoms with Gasteiger partial charge in [-0.2, -0.15) is 0 Å². The van der Waals surface area contributed by atoms with Crippen LogP contribution in [0.5, 0.6) is 0 Å². The molecule has 0 heterocycles. The summed E-state index contributed by atoms with van der Waals surface area (Å²) < 4.78 is 15.0. The molecule has 2 aliphatic carbocycles. The molecule has 0 N–H and O–H groups in total. The van der Waals surface area contributed by atoms with E-state index in [1.165, 1.54) is 38.9 Å². The van der Waals surface area contributed by atoms with Crippen LogP contribution in [-0.2, 0) is 16.2 Å². The zero-order valence-electron chi connectivity index (χ0n) is 19.0. The molecule has 4 aromatic carbocycles. The maximum absolute atomic E-state index is 15.0. The lowest BCUT2D eigenvalue weighted by Gasteiger charge is -2.53. The van der Waals surface area contributed by atoms with E-state index >= 15 is 0 Å². The maximum Gasteiger partial charge on any atom is 0.123 e. The third kappa shape index (κ3) is 2.17. The highest BCUT2D eigenvalue weighted by Gasteiger charge is 2.54. The van der Waals surface area contributed by atoms with Gasteiger partial charge in [-0.1, -0.05) is 107 Å². The Balaban J connectivity index is 1.91. The number of hydrogen-bond donors (Lipinski definition) is 0. The monoisotopic (exact) mass is 418 g/mol. The van der Waals surface area contributed by atoms with Crippen LogP contribution in [0.25, 0.3) is 0 Å². The summed E-state index contributed by atoms with van der Waals surface area (Å²) in [4.78, 5) is 0. The van der Waals surface area contributed by atoms with Crippen molar-refractivity contribution < 1.29 is 4.39 Å². The topological polar surface area (TPSA) is 0 Å². The molecule has 0 radical (unpaired) electrons. The molecule has 0 bridgehead atoms. The Morgan fingerprint density at radius 3 is 1.19 bits per heavy atom. The van der Waals surface area contributed by atoms with E-state index in [4.69, 9.17) is 0 Å². The highest BCUT2D eigenvalue weighted by molar-refractivity contribution is 5.75. The second-order valence-corrected chi connectivity index (χ2v) is 10.3. The Morgan fingerprint density at radius 2 is 0.781 bits per heavy atom. The zero-order valence-corrected chi connectivity index (χ0v) is 19.0. The van der Waals surface area contributed by atoms with Gasteiger partial charge in [0, 0.05) is 10.8 Å². The van der Waals surface area contributed by atoms with Crippen LogP contribution >= 0.6 is 0 Å². The van der Waals surface area contributed by atoms with Crippen LogP contribution in [0.15, 0.2) is 91.0 Å². The van der Waals surface area contributed by atoms with Gasteiger partial charge >= 0.3 is 0 Å². The lowest BCUT2D eigenvalue weighted by atomic mass is 9.49. The Hall–Kier alpha value is -3.19. The number of hydrogen-bond acceptors (Lipinski definition) is 0. The van der Waals surface area contributed by atoms with Crippen LogP contribution in [-0.4, -0.2) is 0 Å². The molecule has 6 rings (SSSR count). The lowest BCUT2D eigenvalue weighted by molar-refractivity contribution is 0.509. The largest absolute Gasteiger partial charge is 0.207 e. The van der Waals surface area contributed by atoms with Gasteiger partial charge in [0.2, 0.25) is 0 Å². The summed E-state index contributed by atoms with van der Waals surface area (Å²) in [6.07, 6.45) is 0. The van der Waals surface area contributed by atoms with Crippen LogP contribution in [0.4, 0.5) is 4.39 Å². The predicted molar refractivity (Wildman–Crippen MR) is 129 cm³/mol. The van der Waals surface area contributed by atoms with Crippen LogP contribution in [0.2, 0.25) is 0 Å². The second kappa shape index (κ2) is 6.19. The van der Waals surface area contributed by atoms with Gasteiger partial charge in [0.25, 0.3) is 0 Å². The molecule has 158 valence electrons. The van der Waals surface area contributed by atoms with Gasteiger partial charge < -0.3 is 0 Å². The minimum Gasteiger partial charge on any atom is -0.207 e. The molecule has 0 aliphatic heterocycles. The van der Waals surface area contributed by atoms with E-state index < -0.39 is 5.41 Å². The SMILES string of the molecule is CC1(C)c2ccccc2C2(c3ccccc31)c1ccccc1C(C)(C)c1ccc(F)cc12. The lowest BCUT2D eigenvalue weighted by Crippen LogP contribution is -2.47. The van der Waals surface area contributed by atoms with E-state index in [1.807, 2.05) is 6.07 Å². The van der Waals surface area contributed by atoms with Crippen molar-refractivity contribution in [3.8, 4) is 0 Å². The van der Waals surface area contributed by atoms with Crippen molar-refractivity contribution in [3.63, 3.8) is 0 Å². The van der Waals surface area contributed by atoms with E-state index in [1.54, 1.807) is 12.1 Å². The molecule has 1 spiro atoms. The summed E-state index contributed by atoms with van der Waals surface area (Å²) >= 11 is 0. The molecule has 0 saturated carbocycles. The molecule has 32 heavy (non-hydrogen) atoms.